The van der Waals surface area contributed by atoms with E-state index in [0.717, 1.165) is 31.4 Å². The molecule has 0 radical (unpaired) electrons. The van der Waals surface area contributed by atoms with Crippen molar-refractivity contribution in [1.29, 1.82) is 0 Å². The summed E-state index contributed by atoms with van der Waals surface area (Å²) < 4.78 is 2.34. The van der Waals surface area contributed by atoms with Crippen molar-refractivity contribution < 1.29 is 0 Å². The van der Waals surface area contributed by atoms with Gasteiger partial charge < -0.3 is 9.88 Å². The maximum absolute atomic E-state index is 4.42. The zero-order valence-electron chi connectivity index (χ0n) is 9.95. The molecular formula is C12H20N4. The van der Waals surface area contributed by atoms with E-state index in [1.54, 1.807) is 0 Å². The van der Waals surface area contributed by atoms with Gasteiger partial charge in [-0.3, -0.25) is 0 Å². The fourth-order valence-electron chi connectivity index (χ4n) is 2.93. The molecule has 0 aromatic carbocycles. The van der Waals surface area contributed by atoms with Crippen molar-refractivity contribution in [3.8, 4) is 0 Å². The maximum Gasteiger partial charge on any atom is 0.147 e. The monoisotopic (exact) mass is 220 g/mol. The van der Waals surface area contributed by atoms with Crippen LogP contribution < -0.4 is 5.32 Å². The molecule has 1 aromatic heterocycles. The summed E-state index contributed by atoms with van der Waals surface area (Å²) in [6, 6.07) is 0. The van der Waals surface area contributed by atoms with Crippen LogP contribution in [0.5, 0.6) is 0 Å². The van der Waals surface area contributed by atoms with E-state index in [0.29, 0.717) is 5.92 Å². The lowest BCUT2D eigenvalue weighted by molar-refractivity contribution is 0.330. The number of fused-ring (bicyclic) bond motifs is 1. The average molecular weight is 220 g/mol. The fourth-order valence-corrected chi connectivity index (χ4v) is 2.93. The van der Waals surface area contributed by atoms with Crippen molar-refractivity contribution >= 4 is 0 Å². The van der Waals surface area contributed by atoms with Gasteiger partial charge in [0, 0.05) is 19.0 Å². The summed E-state index contributed by atoms with van der Waals surface area (Å²) >= 11 is 0. The van der Waals surface area contributed by atoms with E-state index in [1.165, 1.54) is 31.5 Å². The molecule has 88 valence electrons. The van der Waals surface area contributed by atoms with Crippen LogP contribution in [0.25, 0.3) is 0 Å². The van der Waals surface area contributed by atoms with Gasteiger partial charge in [-0.25, -0.2) is 0 Å². The number of aromatic nitrogens is 3. The average Bonchev–Trinajstić information content (AvgIpc) is 2.74. The first-order valence-corrected chi connectivity index (χ1v) is 6.47. The van der Waals surface area contributed by atoms with Crippen LogP contribution in [0.1, 0.15) is 50.2 Å². The first-order chi connectivity index (χ1) is 7.84. The lowest BCUT2D eigenvalue weighted by Gasteiger charge is -2.26. The van der Waals surface area contributed by atoms with Gasteiger partial charge in [0.1, 0.15) is 11.6 Å². The third kappa shape index (κ3) is 1.75. The molecule has 1 N–H and O–H groups in total. The van der Waals surface area contributed by atoms with Gasteiger partial charge in [0.05, 0.1) is 6.54 Å². The standard InChI is InChI=1S/C12H20N4/c1-9-2-4-10(5-3-9)12-15-14-11-8-13-6-7-16(11)12/h9-10,13H,2-8H2,1H3. The summed E-state index contributed by atoms with van der Waals surface area (Å²) in [5, 5.41) is 12.1. The second-order valence-electron chi connectivity index (χ2n) is 5.26. The second kappa shape index (κ2) is 4.17. The third-order valence-electron chi connectivity index (χ3n) is 4.03. The summed E-state index contributed by atoms with van der Waals surface area (Å²) in [4.78, 5) is 0. The lowest BCUT2D eigenvalue weighted by atomic mass is 9.82. The number of hydrogen-bond donors (Lipinski definition) is 1. The molecule has 1 aliphatic carbocycles. The number of nitrogens with zero attached hydrogens (tertiary/aromatic N) is 3. The Kier molecular flexibility index (Phi) is 2.67. The van der Waals surface area contributed by atoms with E-state index in [9.17, 15) is 0 Å². The first-order valence-electron chi connectivity index (χ1n) is 6.47. The van der Waals surface area contributed by atoms with Crippen LogP contribution >= 0.6 is 0 Å². The van der Waals surface area contributed by atoms with Gasteiger partial charge in [0.15, 0.2) is 0 Å². The van der Waals surface area contributed by atoms with Gasteiger partial charge in [0.2, 0.25) is 0 Å². The zero-order chi connectivity index (χ0) is 11.0. The Hall–Kier alpha value is -0.900. The largest absolute Gasteiger partial charge is 0.312 e. The van der Waals surface area contributed by atoms with Gasteiger partial charge in [0.25, 0.3) is 0 Å². The molecule has 2 aliphatic rings. The predicted octanol–water partition coefficient (Wildman–Crippen LogP) is 1.67. The minimum Gasteiger partial charge on any atom is -0.312 e. The highest BCUT2D eigenvalue weighted by Gasteiger charge is 2.26. The van der Waals surface area contributed by atoms with Crippen LogP contribution in [0.15, 0.2) is 0 Å². The van der Waals surface area contributed by atoms with Gasteiger partial charge in [-0.1, -0.05) is 19.8 Å². The minimum absolute atomic E-state index is 0.663. The van der Waals surface area contributed by atoms with Gasteiger partial charge in [-0.15, -0.1) is 10.2 Å². The van der Waals surface area contributed by atoms with E-state index < -0.39 is 0 Å². The smallest absolute Gasteiger partial charge is 0.147 e. The highest BCUT2D eigenvalue weighted by Crippen LogP contribution is 2.34. The van der Waals surface area contributed by atoms with Crippen molar-refractivity contribution in [2.24, 2.45) is 5.92 Å². The first kappa shape index (κ1) is 10.3. The molecule has 4 nitrogen and oxygen atoms in total. The molecule has 0 spiro atoms. The van der Waals surface area contributed by atoms with Crippen LogP contribution in [0.3, 0.4) is 0 Å². The topological polar surface area (TPSA) is 42.7 Å². The number of hydrogen-bond acceptors (Lipinski definition) is 3. The molecule has 16 heavy (non-hydrogen) atoms. The summed E-state index contributed by atoms with van der Waals surface area (Å²) in [5.41, 5.74) is 0. The quantitative estimate of drug-likeness (QED) is 0.783. The minimum atomic E-state index is 0.663. The van der Waals surface area contributed by atoms with E-state index in [-0.39, 0.29) is 0 Å². The van der Waals surface area contributed by atoms with E-state index in [1.807, 2.05) is 0 Å². The molecule has 0 unspecified atom stereocenters. The summed E-state index contributed by atoms with van der Waals surface area (Å²) in [6.07, 6.45) is 5.30. The Bertz CT molecular complexity index is 363. The van der Waals surface area contributed by atoms with Crippen molar-refractivity contribution in [1.82, 2.24) is 20.1 Å². The molecule has 1 fully saturated rings. The number of nitrogens with one attached hydrogen (secondary N) is 1. The van der Waals surface area contributed by atoms with Crippen LogP contribution in [-0.4, -0.2) is 21.3 Å². The zero-order valence-corrected chi connectivity index (χ0v) is 9.95. The third-order valence-corrected chi connectivity index (χ3v) is 4.03. The van der Waals surface area contributed by atoms with Gasteiger partial charge in [-0.2, -0.15) is 0 Å². The van der Waals surface area contributed by atoms with Crippen molar-refractivity contribution in [3.05, 3.63) is 11.6 Å². The van der Waals surface area contributed by atoms with Gasteiger partial charge in [-0.05, 0) is 18.8 Å². The molecule has 2 heterocycles. The molecule has 3 rings (SSSR count). The Balaban J connectivity index is 1.81. The Morgan fingerprint density at radius 1 is 1.19 bits per heavy atom. The predicted molar refractivity (Wildman–Crippen MR) is 62.1 cm³/mol. The molecule has 1 aromatic rings. The fraction of sp³-hybridized carbons (Fsp3) is 0.833. The summed E-state index contributed by atoms with van der Waals surface area (Å²) in [5.74, 6) is 3.94. The Labute approximate surface area is 96.4 Å². The number of rotatable bonds is 1. The highest BCUT2D eigenvalue weighted by atomic mass is 15.3. The molecule has 0 amide bonds. The Morgan fingerprint density at radius 2 is 2.00 bits per heavy atom. The van der Waals surface area contributed by atoms with Gasteiger partial charge >= 0.3 is 0 Å². The maximum atomic E-state index is 4.42. The normalized spacial score (nSPS) is 30.1. The second-order valence-corrected chi connectivity index (χ2v) is 5.26. The van der Waals surface area contributed by atoms with E-state index >= 15 is 0 Å². The van der Waals surface area contributed by atoms with Crippen molar-refractivity contribution in [2.75, 3.05) is 6.54 Å². The highest BCUT2D eigenvalue weighted by molar-refractivity contribution is 5.05. The van der Waals surface area contributed by atoms with Crippen LogP contribution in [0, 0.1) is 5.92 Å². The molecule has 4 heteroatoms. The van der Waals surface area contributed by atoms with E-state index in [4.69, 9.17) is 0 Å². The van der Waals surface area contributed by atoms with Crippen molar-refractivity contribution in [2.45, 2.75) is 51.6 Å². The SMILES string of the molecule is CC1CCC(c2nnc3n2CCNC3)CC1. The molecule has 0 atom stereocenters. The molecule has 0 saturated heterocycles. The van der Waals surface area contributed by atoms with Crippen molar-refractivity contribution in [3.63, 3.8) is 0 Å². The van der Waals surface area contributed by atoms with Crippen LogP contribution in [0.2, 0.25) is 0 Å². The van der Waals surface area contributed by atoms with E-state index in [2.05, 4.69) is 27.0 Å². The summed E-state index contributed by atoms with van der Waals surface area (Å²) in [6.45, 7) is 5.35. The van der Waals surface area contributed by atoms with Crippen LogP contribution in [0.4, 0.5) is 0 Å². The molecule has 1 saturated carbocycles. The Morgan fingerprint density at radius 3 is 2.81 bits per heavy atom. The molecule has 1 aliphatic heterocycles. The molecule has 0 bridgehead atoms. The molecular weight excluding hydrogens is 200 g/mol. The van der Waals surface area contributed by atoms with Crippen LogP contribution in [-0.2, 0) is 13.1 Å². The summed E-state index contributed by atoms with van der Waals surface area (Å²) in [7, 11) is 0. The lowest BCUT2D eigenvalue weighted by Crippen LogP contribution is -2.30.